The van der Waals surface area contributed by atoms with Crippen LogP contribution in [-0.2, 0) is 6.42 Å². The molecule has 0 spiro atoms. The number of hydroxylamine groups is 1. The highest BCUT2D eigenvalue weighted by atomic mass is 35.5. The molecule has 0 aliphatic carbocycles. The van der Waals surface area contributed by atoms with Crippen molar-refractivity contribution in [2.45, 2.75) is 6.42 Å². The Bertz CT molecular complexity index is 1010. The Morgan fingerprint density at radius 3 is 2.69 bits per heavy atom. The fourth-order valence-electron chi connectivity index (χ4n) is 2.42. The topological polar surface area (TPSA) is 99.3 Å². The number of imidazole rings is 1. The Morgan fingerprint density at radius 2 is 2.04 bits per heavy atom. The van der Waals surface area contributed by atoms with Crippen LogP contribution in [0.1, 0.15) is 11.4 Å². The van der Waals surface area contributed by atoms with Crippen LogP contribution in [0.25, 0.3) is 11.0 Å². The molecule has 0 fully saturated rings. The van der Waals surface area contributed by atoms with Crippen molar-refractivity contribution in [2.24, 2.45) is 10.7 Å². The van der Waals surface area contributed by atoms with Gasteiger partial charge in [-0.3, -0.25) is 10.7 Å². The van der Waals surface area contributed by atoms with E-state index in [1.54, 1.807) is 0 Å². The fourth-order valence-corrected chi connectivity index (χ4v) is 2.60. The van der Waals surface area contributed by atoms with Crippen molar-refractivity contribution in [3.05, 3.63) is 58.1 Å². The first-order chi connectivity index (χ1) is 12.4. The monoisotopic (exact) mass is 383 g/mol. The molecule has 0 aliphatic heterocycles. The molecule has 26 heavy (non-hydrogen) atoms. The van der Waals surface area contributed by atoms with Crippen LogP contribution in [-0.4, -0.2) is 27.6 Å². The lowest BCUT2D eigenvalue weighted by molar-refractivity contribution is 0.235. The zero-order valence-corrected chi connectivity index (χ0v) is 13.9. The third kappa shape index (κ3) is 3.36. The molecule has 0 saturated carbocycles. The Hall–Kier alpha value is -2.62. The molecule has 0 atom stereocenters. The Kier molecular flexibility index (Phi) is 5.12. The number of nitrogens with two attached hydrogens (primary N) is 1. The van der Waals surface area contributed by atoms with E-state index in [0.717, 1.165) is 12.1 Å². The minimum atomic E-state index is -1.17. The fraction of sp³-hybridized carbons (Fsp3) is 0.125. The summed E-state index contributed by atoms with van der Waals surface area (Å²) in [5, 5.41) is 9.26. The molecule has 6 nitrogen and oxygen atoms in total. The summed E-state index contributed by atoms with van der Waals surface area (Å²) in [6, 6.07) is 4.47. The van der Waals surface area contributed by atoms with Gasteiger partial charge < -0.3 is 10.7 Å². The summed E-state index contributed by atoms with van der Waals surface area (Å²) in [5.74, 6) is -2.79. The second-order valence-corrected chi connectivity index (χ2v) is 5.74. The third-order valence-electron chi connectivity index (χ3n) is 3.60. The van der Waals surface area contributed by atoms with Crippen molar-refractivity contribution < 1.29 is 18.4 Å². The predicted octanol–water partition coefficient (Wildman–Crippen LogP) is 3.19. The van der Waals surface area contributed by atoms with Crippen LogP contribution >= 0.6 is 11.6 Å². The van der Waals surface area contributed by atoms with E-state index in [1.807, 2.05) is 5.48 Å². The van der Waals surface area contributed by atoms with Gasteiger partial charge in [0.25, 0.3) is 0 Å². The summed E-state index contributed by atoms with van der Waals surface area (Å²) in [4.78, 5) is 10.9. The number of halogens is 4. The maximum atomic E-state index is 14.1. The first kappa shape index (κ1) is 18.2. The van der Waals surface area contributed by atoms with E-state index in [0.29, 0.717) is 12.2 Å². The zero-order valence-electron chi connectivity index (χ0n) is 13.2. The van der Waals surface area contributed by atoms with E-state index in [2.05, 4.69) is 15.0 Å². The van der Waals surface area contributed by atoms with Gasteiger partial charge in [-0.25, -0.2) is 23.1 Å². The van der Waals surface area contributed by atoms with Gasteiger partial charge >= 0.3 is 0 Å². The van der Waals surface area contributed by atoms with Crippen molar-refractivity contribution >= 4 is 34.2 Å². The summed E-state index contributed by atoms with van der Waals surface area (Å²) >= 11 is 5.70. The van der Waals surface area contributed by atoms with Gasteiger partial charge in [-0.15, -0.1) is 0 Å². The molecular weight excluding hydrogens is 371 g/mol. The summed E-state index contributed by atoms with van der Waals surface area (Å²) < 4.78 is 41.3. The van der Waals surface area contributed by atoms with Crippen molar-refractivity contribution in [3.63, 3.8) is 0 Å². The molecule has 1 heterocycles. The first-order valence-corrected chi connectivity index (χ1v) is 7.83. The number of H-pyrrole nitrogens is 1. The molecule has 0 unspecified atom stereocenters. The van der Waals surface area contributed by atoms with Crippen LogP contribution in [0.15, 0.2) is 29.3 Å². The van der Waals surface area contributed by atoms with Gasteiger partial charge in [-0.1, -0.05) is 11.6 Å². The van der Waals surface area contributed by atoms with Gasteiger partial charge in [0, 0.05) is 12.0 Å². The highest BCUT2D eigenvalue weighted by Crippen LogP contribution is 2.26. The maximum absolute atomic E-state index is 14.1. The largest absolute Gasteiger partial charge is 0.341 e. The molecule has 3 aromatic rings. The van der Waals surface area contributed by atoms with Gasteiger partial charge in [0.1, 0.15) is 17.2 Å². The molecule has 2 aromatic carbocycles. The van der Waals surface area contributed by atoms with Crippen LogP contribution in [0, 0.1) is 17.5 Å². The summed E-state index contributed by atoms with van der Waals surface area (Å²) in [7, 11) is 0. The number of benzene rings is 2. The number of fused-ring (bicyclic) bond motifs is 1. The molecule has 1 aromatic heterocycles. The second-order valence-electron chi connectivity index (χ2n) is 5.34. The average Bonchev–Trinajstić information content (AvgIpc) is 3.04. The highest BCUT2D eigenvalue weighted by molar-refractivity contribution is 6.31. The number of hydrogen-bond acceptors (Lipinski definition) is 4. The second kappa shape index (κ2) is 7.32. The Labute approximate surface area is 150 Å². The normalized spacial score (nSPS) is 12.0. The van der Waals surface area contributed by atoms with E-state index < -0.39 is 17.5 Å². The van der Waals surface area contributed by atoms with E-state index in [-0.39, 0.29) is 39.7 Å². The van der Waals surface area contributed by atoms with Crippen LogP contribution in [0.5, 0.6) is 0 Å². The summed E-state index contributed by atoms with van der Waals surface area (Å²) in [5.41, 5.74) is 7.38. The summed E-state index contributed by atoms with van der Waals surface area (Å²) in [6.07, 6.45) is 0.321. The predicted molar refractivity (Wildman–Crippen MR) is 91.3 cm³/mol. The lowest BCUT2D eigenvalue weighted by Crippen LogP contribution is -2.21. The smallest absolute Gasteiger partial charge is 0.186 e. The molecule has 10 heteroatoms. The Balaban J connectivity index is 2.18. The number of aliphatic imine (C=N–C) groups is 1. The van der Waals surface area contributed by atoms with Crippen LogP contribution in [0.3, 0.4) is 0 Å². The van der Waals surface area contributed by atoms with Crippen molar-refractivity contribution in [1.29, 1.82) is 0 Å². The number of nitrogens with one attached hydrogen (secondary N) is 2. The minimum Gasteiger partial charge on any atom is -0.341 e. The lowest BCUT2D eigenvalue weighted by Gasteiger charge is -2.08. The highest BCUT2D eigenvalue weighted by Gasteiger charge is 2.19. The van der Waals surface area contributed by atoms with Crippen LogP contribution in [0.2, 0.25) is 5.02 Å². The van der Waals surface area contributed by atoms with Crippen molar-refractivity contribution in [1.82, 2.24) is 15.4 Å². The van der Waals surface area contributed by atoms with Gasteiger partial charge in [0.05, 0.1) is 16.2 Å². The SMILES string of the molecule is NCCc1nc2c(F)c(F)cc(C(=Nc3ccc(F)c(Cl)c3)NO)c2[nH]1. The molecule has 0 radical (unpaired) electrons. The van der Waals surface area contributed by atoms with Gasteiger partial charge in [-0.05, 0) is 30.8 Å². The van der Waals surface area contributed by atoms with Gasteiger partial charge in [0.2, 0.25) is 0 Å². The van der Waals surface area contributed by atoms with E-state index in [9.17, 15) is 18.4 Å². The summed E-state index contributed by atoms with van der Waals surface area (Å²) in [6.45, 7) is 0.256. The minimum absolute atomic E-state index is 0.0256. The van der Waals surface area contributed by atoms with Gasteiger partial charge in [-0.2, -0.15) is 0 Å². The van der Waals surface area contributed by atoms with E-state index in [1.165, 1.54) is 12.1 Å². The van der Waals surface area contributed by atoms with Crippen molar-refractivity contribution in [2.75, 3.05) is 6.54 Å². The molecule has 0 amide bonds. The van der Waals surface area contributed by atoms with Crippen LogP contribution in [0.4, 0.5) is 18.9 Å². The number of amidine groups is 1. The molecule has 0 saturated heterocycles. The molecular formula is C16H13ClF3N5O. The quantitative estimate of drug-likeness (QED) is 0.316. The number of nitrogens with zero attached hydrogens (tertiary/aromatic N) is 2. The standard InChI is InChI=1S/C16H13ClF3N5O/c17-9-5-7(1-2-10(9)18)22-16(25-26)8-6-11(19)13(20)15-14(8)23-12(24-15)3-4-21/h1-2,5-6,26H,3-4,21H2,(H,22,25)(H,23,24). The number of aromatic amines is 1. The van der Waals surface area contributed by atoms with Crippen molar-refractivity contribution in [3.8, 4) is 0 Å². The third-order valence-corrected chi connectivity index (χ3v) is 3.89. The van der Waals surface area contributed by atoms with Gasteiger partial charge in [0.15, 0.2) is 17.5 Å². The number of aromatic nitrogens is 2. The zero-order chi connectivity index (χ0) is 18.8. The number of rotatable bonds is 4. The van der Waals surface area contributed by atoms with E-state index >= 15 is 0 Å². The number of hydrogen-bond donors (Lipinski definition) is 4. The maximum Gasteiger partial charge on any atom is 0.186 e. The molecule has 3 rings (SSSR count). The van der Waals surface area contributed by atoms with Crippen LogP contribution < -0.4 is 11.2 Å². The first-order valence-electron chi connectivity index (χ1n) is 7.45. The molecule has 0 aliphatic rings. The lowest BCUT2D eigenvalue weighted by atomic mass is 10.1. The molecule has 136 valence electrons. The molecule has 0 bridgehead atoms. The average molecular weight is 384 g/mol. The Morgan fingerprint density at radius 1 is 1.27 bits per heavy atom. The van der Waals surface area contributed by atoms with E-state index in [4.69, 9.17) is 17.3 Å². The molecule has 5 N–H and O–H groups in total.